The Hall–Kier alpha value is -2.68. The lowest BCUT2D eigenvalue weighted by Gasteiger charge is -2.02. The van der Waals surface area contributed by atoms with E-state index in [1.807, 2.05) is 5.92 Å². The van der Waals surface area contributed by atoms with Crippen molar-refractivity contribution in [2.24, 2.45) is 0 Å². The van der Waals surface area contributed by atoms with Crippen LogP contribution >= 0.6 is 0 Å². The van der Waals surface area contributed by atoms with Crippen molar-refractivity contribution in [2.75, 3.05) is 7.11 Å². The first-order valence-electron chi connectivity index (χ1n) is 4.35. The number of benzene rings is 1. The zero-order chi connectivity index (χ0) is 13.0. The highest BCUT2D eigenvalue weighted by molar-refractivity contribution is 5.92. The van der Waals surface area contributed by atoms with Crippen LogP contribution in [0.5, 0.6) is 11.5 Å². The Morgan fingerprint density at radius 2 is 1.88 bits per heavy atom. The molecule has 6 nitrogen and oxygen atoms in total. The number of methoxy groups -OCH3 is 1. The van der Waals surface area contributed by atoms with Crippen molar-refractivity contribution in [1.29, 1.82) is 0 Å². The molecular formula is C11H8O6. The first-order valence-corrected chi connectivity index (χ1v) is 4.35. The van der Waals surface area contributed by atoms with Gasteiger partial charge in [0, 0.05) is 12.0 Å². The highest BCUT2D eigenvalue weighted by atomic mass is 16.5. The van der Waals surface area contributed by atoms with Crippen LogP contribution in [0.1, 0.15) is 15.9 Å². The van der Waals surface area contributed by atoms with E-state index < -0.39 is 29.0 Å². The minimum absolute atomic E-state index is 0.0920. The van der Waals surface area contributed by atoms with Crippen LogP contribution in [0.4, 0.5) is 0 Å². The third-order valence-corrected chi connectivity index (χ3v) is 1.83. The maximum atomic E-state index is 10.7. The van der Waals surface area contributed by atoms with Gasteiger partial charge in [-0.05, 0) is 6.07 Å². The second kappa shape index (κ2) is 4.90. The molecule has 1 aromatic carbocycles. The van der Waals surface area contributed by atoms with E-state index in [9.17, 15) is 19.8 Å². The largest absolute Gasteiger partial charge is 0.507 e. The third-order valence-electron chi connectivity index (χ3n) is 1.83. The van der Waals surface area contributed by atoms with Crippen LogP contribution < -0.4 is 0 Å². The van der Waals surface area contributed by atoms with Crippen molar-refractivity contribution >= 4 is 11.9 Å². The van der Waals surface area contributed by atoms with Gasteiger partial charge in [0.1, 0.15) is 17.1 Å². The van der Waals surface area contributed by atoms with Crippen molar-refractivity contribution in [3.05, 3.63) is 23.3 Å². The average molecular weight is 236 g/mol. The number of carbonyl (C=O) groups excluding carboxylic acids is 1. The Labute approximate surface area is 96.1 Å². The van der Waals surface area contributed by atoms with Crippen molar-refractivity contribution in [2.45, 2.75) is 0 Å². The Kier molecular flexibility index (Phi) is 3.57. The van der Waals surface area contributed by atoms with Gasteiger partial charge in [0.05, 0.1) is 12.7 Å². The van der Waals surface area contributed by atoms with Gasteiger partial charge in [-0.25, -0.2) is 9.59 Å². The molecule has 0 amide bonds. The van der Waals surface area contributed by atoms with E-state index >= 15 is 0 Å². The quantitative estimate of drug-likeness (QED) is 0.479. The number of carboxylic acids is 1. The summed E-state index contributed by atoms with van der Waals surface area (Å²) in [5.74, 6) is 1.06. The molecule has 6 heteroatoms. The molecule has 0 aliphatic rings. The molecule has 1 aromatic rings. The summed E-state index contributed by atoms with van der Waals surface area (Å²) in [6.07, 6.45) is 0. The van der Waals surface area contributed by atoms with Crippen molar-refractivity contribution < 1.29 is 29.6 Å². The summed E-state index contributed by atoms with van der Waals surface area (Å²) < 4.78 is 4.25. The maximum absolute atomic E-state index is 10.7. The summed E-state index contributed by atoms with van der Waals surface area (Å²) in [5, 5.41) is 27.3. The van der Waals surface area contributed by atoms with Gasteiger partial charge in [-0.3, -0.25) is 0 Å². The van der Waals surface area contributed by atoms with E-state index in [0.717, 1.165) is 19.2 Å². The molecule has 0 aliphatic heterocycles. The summed E-state index contributed by atoms with van der Waals surface area (Å²) in [7, 11) is 1.14. The monoisotopic (exact) mass is 236 g/mol. The summed E-state index contributed by atoms with van der Waals surface area (Å²) in [5.41, 5.74) is -0.512. The first kappa shape index (κ1) is 12.4. The smallest absolute Gasteiger partial charge is 0.384 e. The van der Waals surface area contributed by atoms with Gasteiger partial charge < -0.3 is 20.1 Å². The van der Waals surface area contributed by atoms with Crippen molar-refractivity contribution in [1.82, 2.24) is 0 Å². The van der Waals surface area contributed by atoms with Crippen LogP contribution in [0.25, 0.3) is 0 Å². The third kappa shape index (κ3) is 2.89. The number of carboxylic acid groups (broad SMARTS) is 1. The second-order valence-corrected chi connectivity index (χ2v) is 2.93. The minimum atomic E-state index is -1.37. The molecular weight excluding hydrogens is 228 g/mol. The SMILES string of the molecule is COC(=O)C#Cc1cc(C(=O)O)c(O)cc1O. The van der Waals surface area contributed by atoms with Crippen LogP contribution in [-0.4, -0.2) is 34.4 Å². The van der Waals surface area contributed by atoms with Crippen molar-refractivity contribution in [3.8, 4) is 23.3 Å². The van der Waals surface area contributed by atoms with Crippen LogP contribution in [0, 0.1) is 11.8 Å². The Balaban J connectivity index is 3.24. The number of phenolic OH excluding ortho intramolecular Hbond substituents is 1. The topological polar surface area (TPSA) is 104 Å². The molecule has 0 heterocycles. The number of carbonyl (C=O) groups is 2. The number of rotatable bonds is 1. The average Bonchev–Trinajstić information content (AvgIpc) is 2.26. The lowest BCUT2D eigenvalue weighted by atomic mass is 10.1. The first-order chi connectivity index (χ1) is 7.95. The second-order valence-electron chi connectivity index (χ2n) is 2.93. The number of esters is 1. The van der Waals surface area contributed by atoms with Gasteiger partial charge in [0.25, 0.3) is 0 Å². The molecule has 0 fully saturated rings. The molecule has 3 N–H and O–H groups in total. The molecule has 0 spiro atoms. The molecule has 0 unspecified atom stereocenters. The molecule has 88 valence electrons. The normalized spacial score (nSPS) is 9.00. The van der Waals surface area contributed by atoms with Crippen LogP contribution in [0.3, 0.4) is 0 Å². The number of hydrogen-bond donors (Lipinski definition) is 3. The molecule has 17 heavy (non-hydrogen) atoms. The summed E-state index contributed by atoms with van der Waals surface area (Å²) >= 11 is 0. The molecule has 0 radical (unpaired) electrons. The lowest BCUT2D eigenvalue weighted by Crippen LogP contribution is -1.98. The molecule has 0 saturated carbocycles. The predicted octanol–water partition coefficient (Wildman–Crippen LogP) is 0.320. The minimum Gasteiger partial charge on any atom is -0.507 e. The number of aromatic hydroxyl groups is 2. The fraction of sp³-hybridized carbons (Fsp3) is 0.0909. The molecule has 0 aromatic heterocycles. The Morgan fingerprint density at radius 3 is 2.41 bits per heavy atom. The van der Waals surface area contributed by atoms with Gasteiger partial charge in [-0.15, -0.1) is 0 Å². The summed E-state index contributed by atoms with van der Waals surface area (Å²) in [6, 6.07) is 1.80. The standard InChI is InChI=1S/C11H8O6/c1-17-10(14)3-2-6-4-7(11(15)16)9(13)5-8(6)12/h4-5,12-13H,1H3,(H,15,16). The molecule has 0 atom stereocenters. The van der Waals surface area contributed by atoms with Crippen molar-refractivity contribution in [3.63, 3.8) is 0 Å². The Morgan fingerprint density at radius 1 is 1.24 bits per heavy atom. The van der Waals surface area contributed by atoms with E-state index in [-0.39, 0.29) is 5.56 Å². The van der Waals surface area contributed by atoms with Gasteiger partial charge >= 0.3 is 11.9 Å². The summed E-state index contributed by atoms with van der Waals surface area (Å²) in [6.45, 7) is 0. The fourth-order valence-corrected chi connectivity index (χ4v) is 1.02. The van der Waals surface area contributed by atoms with E-state index in [4.69, 9.17) is 5.11 Å². The van der Waals surface area contributed by atoms with E-state index in [0.29, 0.717) is 0 Å². The molecule has 0 bridgehead atoms. The van der Waals surface area contributed by atoms with Crippen LogP contribution in [-0.2, 0) is 9.53 Å². The van der Waals surface area contributed by atoms with Gasteiger partial charge in [-0.1, -0.05) is 5.92 Å². The molecule has 0 saturated heterocycles. The predicted molar refractivity (Wildman–Crippen MR) is 55.6 cm³/mol. The summed E-state index contributed by atoms with van der Waals surface area (Å²) in [4.78, 5) is 21.4. The van der Waals surface area contributed by atoms with E-state index in [1.54, 1.807) is 0 Å². The van der Waals surface area contributed by atoms with Crippen LogP contribution in [0.15, 0.2) is 12.1 Å². The van der Waals surface area contributed by atoms with E-state index in [2.05, 4.69) is 10.7 Å². The van der Waals surface area contributed by atoms with Gasteiger partial charge in [0.15, 0.2) is 0 Å². The molecule has 0 aliphatic carbocycles. The highest BCUT2D eigenvalue weighted by Crippen LogP contribution is 2.26. The number of ether oxygens (including phenoxy) is 1. The number of phenols is 2. The zero-order valence-electron chi connectivity index (χ0n) is 8.72. The fourth-order valence-electron chi connectivity index (χ4n) is 1.02. The van der Waals surface area contributed by atoms with Crippen LogP contribution in [0.2, 0.25) is 0 Å². The zero-order valence-corrected chi connectivity index (χ0v) is 8.72. The maximum Gasteiger partial charge on any atom is 0.384 e. The molecule has 1 rings (SSSR count). The van der Waals surface area contributed by atoms with Gasteiger partial charge in [-0.2, -0.15) is 0 Å². The highest BCUT2D eigenvalue weighted by Gasteiger charge is 2.13. The lowest BCUT2D eigenvalue weighted by molar-refractivity contribution is -0.133. The Bertz CT molecular complexity index is 535. The van der Waals surface area contributed by atoms with Gasteiger partial charge in [0.2, 0.25) is 0 Å². The van der Waals surface area contributed by atoms with E-state index in [1.165, 1.54) is 0 Å². The number of aromatic carboxylic acids is 1. The number of hydrogen-bond acceptors (Lipinski definition) is 5.